The van der Waals surface area contributed by atoms with Gasteiger partial charge in [0.15, 0.2) is 0 Å². The predicted molar refractivity (Wildman–Crippen MR) is 87.7 cm³/mol. The van der Waals surface area contributed by atoms with Gasteiger partial charge in [-0.25, -0.2) is 4.79 Å². The van der Waals surface area contributed by atoms with Gasteiger partial charge in [-0.15, -0.1) is 22.7 Å². The second-order valence-corrected chi connectivity index (χ2v) is 6.55. The van der Waals surface area contributed by atoms with E-state index < -0.39 is 6.04 Å². The van der Waals surface area contributed by atoms with Gasteiger partial charge in [-0.3, -0.25) is 5.32 Å². The van der Waals surface area contributed by atoms with E-state index in [1.165, 1.54) is 16.7 Å². The van der Waals surface area contributed by atoms with Crippen LogP contribution in [0.1, 0.15) is 16.5 Å². The summed E-state index contributed by atoms with van der Waals surface area (Å²) in [5.74, 6) is -0.255. The van der Waals surface area contributed by atoms with Crippen LogP contribution in [0.15, 0.2) is 47.2 Å². The minimum absolute atomic E-state index is 0.255. The normalized spacial score (nSPS) is 12.4. The Balaban J connectivity index is 1.89. The SMILES string of the molecule is COC(=O)C(NCc1cccs1)c1csc2ccccc12. The van der Waals surface area contributed by atoms with Crippen molar-refractivity contribution >= 4 is 38.7 Å². The Morgan fingerprint density at radius 2 is 2.10 bits per heavy atom. The molecule has 0 saturated carbocycles. The van der Waals surface area contributed by atoms with Crippen molar-refractivity contribution in [2.45, 2.75) is 12.6 Å². The van der Waals surface area contributed by atoms with Crippen LogP contribution in [-0.2, 0) is 16.1 Å². The molecule has 0 aliphatic heterocycles. The summed E-state index contributed by atoms with van der Waals surface area (Å²) in [6.07, 6.45) is 0. The standard InChI is InChI=1S/C16H15NO2S2/c1-19-16(18)15(17-9-11-5-4-8-20-11)13-10-21-14-7-3-2-6-12(13)14/h2-8,10,15,17H,9H2,1H3. The number of thiophene rings is 2. The van der Waals surface area contributed by atoms with Crippen molar-refractivity contribution < 1.29 is 9.53 Å². The first-order chi connectivity index (χ1) is 10.3. The van der Waals surface area contributed by atoms with Gasteiger partial charge in [-0.1, -0.05) is 24.3 Å². The van der Waals surface area contributed by atoms with Gasteiger partial charge >= 0.3 is 5.97 Å². The molecule has 0 spiro atoms. The maximum atomic E-state index is 12.1. The Morgan fingerprint density at radius 1 is 1.24 bits per heavy atom. The first-order valence-corrected chi connectivity index (χ1v) is 8.35. The quantitative estimate of drug-likeness (QED) is 0.724. The van der Waals surface area contributed by atoms with E-state index in [1.807, 2.05) is 35.0 Å². The molecule has 0 saturated heterocycles. The molecule has 3 nitrogen and oxygen atoms in total. The van der Waals surface area contributed by atoms with Gasteiger partial charge in [0.05, 0.1) is 7.11 Å². The van der Waals surface area contributed by atoms with Crippen molar-refractivity contribution in [3.8, 4) is 0 Å². The summed E-state index contributed by atoms with van der Waals surface area (Å²) in [5, 5.41) is 8.49. The van der Waals surface area contributed by atoms with E-state index in [1.54, 1.807) is 22.7 Å². The number of nitrogens with one attached hydrogen (secondary N) is 1. The highest BCUT2D eigenvalue weighted by atomic mass is 32.1. The van der Waals surface area contributed by atoms with Crippen LogP contribution in [0.4, 0.5) is 0 Å². The molecule has 0 aliphatic carbocycles. The first kappa shape index (κ1) is 14.3. The van der Waals surface area contributed by atoms with Gasteiger partial charge < -0.3 is 4.74 Å². The van der Waals surface area contributed by atoms with Gasteiger partial charge in [-0.05, 0) is 33.8 Å². The lowest BCUT2D eigenvalue weighted by Crippen LogP contribution is -2.28. The Bertz CT molecular complexity index is 734. The summed E-state index contributed by atoms with van der Waals surface area (Å²) in [6, 6.07) is 11.7. The summed E-state index contributed by atoms with van der Waals surface area (Å²) >= 11 is 3.32. The summed E-state index contributed by atoms with van der Waals surface area (Å²) < 4.78 is 6.14. The predicted octanol–water partition coefficient (Wildman–Crippen LogP) is 3.97. The summed E-state index contributed by atoms with van der Waals surface area (Å²) in [5.41, 5.74) is 0.985. The summed E-state index contributed by atoms with van der Waals surface area (Å²) in [4.78, 5) is 13.3. The lowest BCUT2D eigenvalue weighted by atomic mass is 10.1. The van der Waals surface area contributed by atoms with Crippen molar-refractivity contribution in [2.75, 3.05) is 7.11 Å². The topological polar surface area (TPSA) is 38.3 Å². The van der Waals surface area contributed by atoms with E-state index in [0.717, 1.165) is 10.9 Å². The van der Waals surface area contributed by atoms with Crippen molar-refractivity contribution in [2.24, 2.45) is 0 Å². The zero-order chi connectivity index (χ0) is 14.7. The lowest BCUT2D eigenvalue weighted by molar-refractivity contribution is -0.143. The molecule has 1 atom stereocenters. The molecule has 108 valence electrons. The van der Waals surface area contributed by atoms with Crippen LogP contribution in [0.3, 0.4) is 0 Å². The molecule has 1 N–H and O–H groups in total. The zero-order valence-corrected chi connectivity index (χ0v) is 13.2. The molecular formula is C16H15NO2S2. The molecule has 0 amide bonds. The van der Waals surface area contributed by atoms with E-state index >= 15 is 0 Å². The molecule has 1 unspecified atom stereocenters. The fraction of sp³-hybridized carbons (Fsp3) is 0.188. The maximum absolute atomic E-state index is 12.1. The van der Waals surface area contributed by atoms with Gasteiger partial charge in [0.1, 0.15) is 6.04 Å². The van der Waals surface area contributed by atoms with Gasteiger partial charge in [0.25, 0.3) is 0 Å². The molecule has 0 bridgehead atoms. The fourth-order valence-electron chi connectivity index (χ4n) is 2.28. The number of ether oxygens (including phenoxy) is 1. The number of hydrogen-bond donors (Lipinski definition) is 1. The minimum Gasteiger partial charge on any atom is -0.468 e. The molecule has 0 aliphatic rings. The van der Waals surface area contributed by atoms with Crippen LogP contribution in [0.2, 0.25) is 0 Å². The fourth-order valence-corrected chi connectivity index (χ4v) is 3.92. The summed E-state index contributed by atoms with van der Waals surface area (Å²) in [7, 11) is 1.43. The number of fused-ring (bicyclic) bond motifs is 1. The van der Waals surface area contributed by atoms with Crippen LogP contribution in [0.5, 0.6) is 0 Å². The zero-order valence-electron chi connectivity index (χ0n) is 11.5. The number of hydrogen-bond acceptors (Lipinski definition) is 5. The highest BCUT2D eigenvalue weighted by molar-refractivity contribution is 7.17. The van der Waals surface area contributed by atoms with Crippen LogP contribution < -0.4 is 5.32 Å². The first-order valence-electron chi connectivity index (χ1n) is 6.59. The highest BCUT2D eigenvalue weighted by Gasteiger charge is 2.23. The van der Waals surface area contributed by atoms with Crippen LogP contribution in [0.25, 0.3) is 10.1 Å². The second kappa shape index (κ2) is 6.39. The van der Waals surface area contributed by atoms with E-state index in [2.05, 4.69) is 17.4 Å². The molecule has 2 aromatic heterocycles. The van der Waals surface area contributed by atoms with Gasteiger partial charge in [0, 0.05) is 16.1 Å². The average molecular weight is 317 g/mol. The molecule has 3 rings (SSSR count). The van der Waals surface area contributed by atoms with Crippen LogP contribution in [0, 0.1) is 0 Å². The molecule has 5 heteroatoms. The van der Waals surface area contributed by atoms with Crippen molar-refractivity contribution in [3.05, 3.63) is 57.6 Å². The maximum Gasteiger partial charge on any atom is 0.327 e. The largest absolute Gasteiger partial charge is 0.468 e. The van der Waals surface area contributed by atoms with E-state index in [0.29, 0.717) is 6.54 Å². The van der Waals surface area contributed by atoms with E-state index in [-0.39, 0.29) is 5.97 Å². The molecule has 21 heavy (non-hydrogen) atoms. The summed E-state index contributed by atoms with van der Waals surface area (Å²) in [6.45, 7) is 0.654. The van der Waals surface area contributed by atoms with Crippen molar-refractivity contribution in [1.82, 2.24) is 5.32 Å². The molecule has 3 aromatic rings. The van der Waals surface area contributed by atoms with Crippen LogP contribution >= 0.6 is 22.7 Å². The number of benzene rings is 1. The van der Waals surface area contributed by atoms with E-state index in [4.69, 9.17) is 4.74 Å². The number of esters is 1. The van der Waals surface area contributed by atoms with E-state index in [9.17, 15) is 4.79 Å². The Morgan fingerprint density at radius 3 is 2.86 bits per heavy atom. The smallest absolute Gasteiger partial charge is 0.327 e. The Hall–Kier alpha value is -1.69. The van der Waals surface area contributed by atoms with Gasteiger partial charge in [-0.2, -0.15) is 0 Å². The van der Waals surface area contributed by atoms with Crippen molar-refractivity contribution in [1.29, 1.82) is 0 Å². The molecule has 1 aromatic carbocycles. The number of carbonyl (C=O) groups excluding carboxylic acids is 1. The molecule has 0 radical (unpaired) electrons. The molecule has 2 heterocycles. The minimum atomic E-state index is -0.437. The van der Waals surface area contributed by atoms with Crippen molar-refractivity contribution in [3.63, 3.8) is 0 Å². The third-order valence-electron chi connectivity index (χ3n) is 3.32. The van der Waals surface area contributed by atoms with Gasteiger partial charge in [0.2, 0.25) is 0 Å². The molecular weight excluding hydrogens is 302 g/mol. The number of rotatable bonds is 5. The van der Waals surface area contributed by atoms with Crippen LogP contribution in [-0.4, -0.2) is 13.1 Å². The number of carbonyl (C=O) groups is 1. The average Bonchev–Trinajstić information content (AvgIpc) is 3.17. The number of methoxy groups -OCH3 is 1. The molecule has 0 fully saturated rings. The second-order valence-electron chi connectivity index (χ2n) is 4.60. The lowest BCUT2D eigenvalue weighted by Gasteiger charge is -2.15. The third-order valence-corrected chi connectivity index (χ3v) is 5.18. The Kier molecular flexibility index (Phi) is 4.34. The monoisotopic (exact) mass is 317 g/mol. The Labute approximate surface area is 131 Å². The third kappa shape index (κ3) is 3.00. The highest BCUT2D eigenvalue weighted by Crippen LogP contribution is 2.31.